The van der Waals surface area contributed by atoms with Crippen molar-refractivity contribution in [2.24, 2.45) is 0 Å². The molecule has 0 saturated heterocycles. The summed E-state index contributed by atoms with van der Waals surface area (Å²) in [7, 11) is 1.91. The highest BCUT2D eigenvalue weighted by Gasteiger charge is 2.27. The molecule has 0 spiro atoms. The van der Waals surface area contributed by atoms with Crippen LogP contribution in [0.1, 0.15) is 250 Å². The number of ether oxygens (including phenoxy) is 2. The summed E-state index contributed by atoms with van der Waals surface area (Å²) in [6, 6.07) is 9.89. The zero-order chi connectivity index (χ0) is 47.9. The summed E-state index contributed by atoms with van der Waals surface area (Å²) in [4.78, 5) is 22.4. The molecule has 66 heavy (non-hydrogen) atoms. The summed E-state index contributed by atoms with van der Waals surface area (Å²) in [6.45, 7) is 5.73. The zero-order valence-electron chi connectivity index (χ0n) is 43.9. The van der Waals surface area contributed by atoms with Gasteiger partial charge in [0.05, 0.1) is 27.7 Å². The Morgan fingerprint density at radius 2 is 0.985 bits per heavy atom. The van der Waals surface area contributed by atoms with E-state index in [2.05, 4.69) is 12.2 Å². The van der Waals surface area contributed by atoms with Crippen LogP contribution >= 0.6 is 7.82 Å². The number of unbranched alkanes of at least 4 members (excludes halogenated alkanes) is 34. The van der Waals surface area contributed by atoms with Gasteiger partial charge in [-0.15, -0.1) is 0 Å². The maximum atomic E-state index is 12.8. The average Bonchev–Trinajstić information content (AvgIpc) is 3.28. The number of benzene rings is 1. The number of likely N-dealkylation sites (N-methyl/N-ethyl adjacent to an activating group) is 1. The van der Waals surface area contributed by atoms with E-state index < -0.39 is 13.9 Å². The van der Waals surface area contributed by atoms with Crippen LogP contribution in [0.3, 0.4) is 0 Å². The second-order valence-electron chi connectivity index (χ2n) is 20.6. The van der Waals surface area contributed by atoms with Crippen molar-refractivity contribution in [1.29, 1.82) is 0 Å². The Hall–Kier alpha value is -1.32. The highest BCUT2D eigenvalue weighted by molar-refractivity contribution is 7.47. The van der Waals surface area contributed by atoms with Crippen molar-refractivity contribution in [2.75, 3.05) is 60.6 Å². The summed E-state index contributed by atoms with van der Waals surface area (Å²) in [6.07, 6.45) is 47.3. The normalized spacial score (nSPS) is 13.3. The Kier molecular flexibility index (Phi) is 43.8. The molecule has 10 heteroatoms. The molecule has 0 bridgehead atoms. The average molecular weight is 952 g/mol. The van der Waals surface area contributed by atoms with Crippen molar-refractivity contribution in [3.8, 4) is 0 Å². The second-order valence-corrected chi connectivity index (χ2v) is 22.0. The highest BCUT2D eigenvalue weighted by atomic mass is 31.2. The minimum atomic E-state index is -4.18. The first-order valence-electron chi connectivity index (χ1n) is 28.1. The molecule has 0 amide bonds. The van der Waals surface area contributed by atoms with E-state index in [1.807, 2.05) is 51.5 Å². The molecule has 0 aromatic heterocycles. The summed E-state index contributed by atoms with van der Waals surface area (Å²) in [5.41, 5.74) is 1.04. The van der Waals surface area contributed by atoms with Gasteiger partial charge in [0.15, 0.2) is 0 Å². The van der Waals surface area contributed by atoms with Crippen LogP contribution < -0.4 is 5.32 Å². The van der Waals surface area contributed by atoms with E-state index in [0.29, 0.717) is 37.2 Å². The molecule has 2 unspecified atom stereocenters. The third kappa shape index (κ3) is 46.4. The smallest absolute Gasteiger partial charge is 0.461 e. The molecular formula is C56H108N2O7P+. The predicted octanol–water partition coefficient (Wildman–Crippen LogP) is 16.0. The first-order chi connectivity index (χ1) is 32.1. The lowest BCUT2D eigenvalue weighted by Gasteiger charge is -2.25. The molecule has 1 aromatic carbocycles. The SMILES string of the molecule is CCCCCCCCCCCCCCCCCCCCOCC(CNCCCCCCCCCCCCCCCCCCCCC(=O)OCc1ccccc1)OP(=O)(O)OCC[N+](C)(C)C. The number of carbonyl (C=O) groups excluding carboxylic acids is 1. The van der Waals surface area contributed by atoms with E-state index >= 15 is 0 Å². The van der Waals surface area contributed by atoms with Gasteiger partial charge in [0.25, 0.3) is 0 Å². The van der Waals surface area contributed by atoms with Crippen molar-refractivity contribution < 1.29 is 37.3 Å². The van der Waals surface area contributed by atoms with Crippen LogP contribution in [-0.2, 0) is 34.5 Å². The fourth-order valence-corrected chi connectivity index (χ4v) is 9.40. The van der Waals surface area contributed by atoms with Gasteiger partial charge in [0.2, 0.25) is 0 Å². The number of rotatable bonds is 52. The molecule has 0 aliphatic rings. The Balaban J connectivity index is 2.00. The van der Waals surface area contributed by atoms with Crippen LogP contribution in [0.4, 0.5) is 0 Å². The number of nitrogens with zero attached hydrogens (tertiary/aromatic N) is 1. The van der Waals surface area contributed by atoms with Crippen molar-refractivity contribution >= 4 is 13.8 Å². The summed E-state index contributed by atoms with van der Waals surface area (Å²) in [5, 5.41) is 3.46. The van der Waals surface area contributed by atoms with Crippen LogP contribution in [0.5, 0.6) is 0 Å². The fourth-order valence-electron chi connectivity index (χ4n) is 8.52. The Morgan fingerprint density at radius 3 is 1.42 bits per heavy atom. The van der Waals surface area contributed by atoms with Gasteiger partial charge in [0, 0.05) is 19.6 Å². The molecule has 2 atom stereocenters. The topological polar surface area (TPSA) is 103 Å². The molecule has 0 heterocycles. The quantitative estimate of drug-likeness (QED) is 0.0288. The predicted molar refractivity (Wildman–Crippen MR) is 280 cm³/mol. The highest BCUT2D eigenvalue weighted by Crippen LogP contribution is 2.44. The van der Waals surface area contributed by atoms with E-state index in [4.69, 9.17) is 18.5 Å². The van der Waals surface area contributed by atoms with E-state index in [9.17, 15) is 14.3 Å². The first-order valence-corrected chi connectivity index (χ1v) is 29.5. The van der Waals surface area contributed by atoms with Crippen LogP contribution in [0, 0.1) is 0 Å². The molecule has 1 aromatic rings. The van der Waals surface area contributed by atoms with E-state index in [-0.39, 0.29) is 19.2 Å². The molecule has 0 aliphatic carbocycles. The van der Waals surface area contributed by atoms with Gasteiger partial charge in [-0.2, -0.15) is 0 Å². The van der Waals surface area contributed by atoms with Gasteiger partial charge in [0.1, 0.15) is 25.9 Å². The third-order valence-corrected chi connectivity index (χ3v) is 13.9. The van der Waals surface area contributed by atoms with Gasteiger partial charge in [-0.05, 0) is 31.4 Å². The maximum Gasteiger partial charge on any atom is 0.472 e. The minimum absolute atomic E-state index is 0.0774. The van der Waals surface area contributed by atoms with Crippen LogP contribution in [0.2, 0.25) is 0 Å². The van der Waals surface area contributed by atoms with Crippen molar-refractivity contribution in [2.45, 2.75) is 257 Å². The van der Waals surface area contributed by atoms with Crippen molar-refractivity contribution in [3.63, 3.8) is 0 Å². The van der Waals surface area contributed by atoms with Gasteiger partial charge < -0.3 is 24.2 Å². The number of carbonyl (C=O) groups is 1. The van der Waals surface area contributed by atoms with Gasteiger partial charge in [-0.3, -0.25) is 13.8 Å². The largest absolute Gasteiger partial charge is 0.472 e. The fraction of sp³-hybridized carbons (Fsp3) is 0.875. The van der Waals surface area contributed by atoms with Gasteiger partial charge in [-0.25, -0.2) is 4.57 Å². The second kappa shape index (κ2) is 46.1. The molecule has 0 aliphatic heterocycles. The molecular weight excluding hydrogens is 844 g/mol. The Bertz CT molecular complexity index is 1220. The van der Waals surface area contributed by atoms with Crippen LogP contribution in [0.15, 0.2) is 30.3 Å². The Morgan fingerprint density at radius 1 is 0.576 bits per heavy atom. The van der Waals surface area contributed by atoms with E-state index in [1.165, 1.54) is 199 Å². The minimum Gasteiger partial charge on any atom is -0.461 e. The number of nitrogens with one attached hydrogen (secondary N) is 1. The lowest BCUT2D eigenvalue weighted by atomic mass is 10.0. The standard InChI is InChI=1S/C56H107N2O7P/c1-5-6-7-8-9-10-11-12-13-14-19-22-25-28-31-34-37-43-49-62-53-55(65-66(60,61)64-50-48-58(2,3)4)51-57-47-42-36-33-30-27-24-21-18-16-15-17-20-23-26-29-32-35-41-46-56(59)63-52-54-44-39-38-40-45-54/h38-40,44-45,55,57H,5-37,41-43,46-53H2,1-4H3/p+1. The lowest BCUT2D eigenvalue weighted by Crippen LogP contribution is -2.37. The van der Waals surface area contributed by atoms with Gasteiger partial charge >= 0.3 is 13.8 Å². The van der Waals surface area contributed by atoms with E-state index in [1.54, 1.807) is 0 Å². The summed E-state index contributed by atoms with van der Waals surface area (Å²) in [5.74, 6) is -0.0774. The molecule has 0 radical (unpaired) electrons. The monoisotopic (exact) mass is 952 g/mol. The van der Waals surface area contributed by atoms with Crippen LogP contribution in [-0.4, -0.2) is 82.0 Å². The molecule has 1 rings (SSSR count). The van der Waals surface area contributed by atoms with Crippen LogP contribution in [0.25, 0.3) is 0 Å². The first kappa shape index (κ1) is 62.7. The molecule has 388 valence electrons. The molecule has 0 saturated carbocycles. The lowest BCUT2D eigenvalue weighted by molar-refractivity contribution is -0.870. The number of phosphoric ester groups is 1. The third-order valence-electron chi connectivity index (χ3n) is 12.8. The number of esters is 1. The molecule has 2 N–H and O–H groups in total. The number of phosphoric acid groups is 1. The Labute approximate surface area is 408 Å². The molecule has 9 nitrogen and oxygen atoms in total. The number of hydrogen-bond acceptors (Lipinski definition) is 7. The van der Waals surface area contributed by atoms with Crippen molar-refractivity contribution in [3.05, 3.63) is 35.9 Å². The van der Waals surface area contributed by atoms with Crippen molar-refractivity contribution in [1.82, 2.24) is 5.32 Å². The maximum absolute atomic E-state index is 12.8. The number of quaternary nitrogens is 1. The molecule has 0 fully saturated rings. The number of hydrogen-bond donors (Lipinski definition) is 2. The summed E-state index contributed by atoms with van der Waals surface area (Å²) < 4.78 is 35.8. The zero-order valence-corrected chi connectivity index (χ0v) is 44.8. The summed E-state index contributed by atoms with van der Waals surface area (Å²) >= 11 is 0. The van der Waals surface area contributed by atoms with E-state index in [0.717, 1.165) is 44.2 Å². The van der Waals surface area contributed by atoms with Gasteiger partial charge in [-0.1, -0.05) is 249 Å².